The number of hydrogen-bond acceptors (Lipinski definition) is 7. The van der Waals surface area contributed by atoms with E-state index in [1.165, 1.54) is 12.8 Å². The zero-order valence-electron chi connectivity index (χ0n) is 22.3. The number of carbonyl (C=O) groups excluding carboxylic acids is 1. The Morgan fingerprint density at radius 2 is 2.00 bits per heavy atom. The monoisotopic (exact) mass is 541 g/mol. The molecule has 0 unspecified atom stereocenters. The first-order valence-corrected chi connectivity index (χ1v) is 14.5. The van der Waals surface area contributed by atoms with Crippen LogP contribution >= 0.6 is 11.6 Å². The number of aliphatic hydroxyl groups excluding tert-OH is 1. The fourth-order valence-corrected chi connectivity index (χ4v) is 5.85. The Bertz CT molecular complexity index is 1120. The summed E-state index contributed by atoms with van der Waals surface area (Å²) >= 11 is 6.56. The molecule has 5 rings (SSSR count). The number of benzene rings is 1. The topological polar surface area (TPSA) is 90.0 Å². The maximum absolute atomic E-state index is 13.1. The lowest BCUT2D eigenvalue weighted by atomic mass is 9.93. The highest BCUT2D eigenvalue weighted by Gasteiger charge is 2.24. The minimum absolute atomic E-state index is 0.180. The molecule has 3 N–H and O–H groups in total. The number of piperidine rings is 1. The van der Waals surface area contributed by atoms with Crippen molar-refractivity contribution in [3.05, 3.63) is 46.0 Å². The third-order valence-corrected chi connectivity index (χ3v) is 8.27. The fourth-order valence-electron chi connectivity index (χ4n) is 5.51. The van der Waals surface area contributed by atoms with Crippen LogP contribution in [-0.2, 0) is 13.0 Å². The maximum atomic E-state index is 13.1. The molecule has 1 saturated carbocycles. The number of nitrogens with one attached hydrogen (secondary N) is 2. The van der Waals surface area contributed by atoms with Crippen molar-refractivity contribution in [1.29, 1.82) is 0 Å². The molecule has 0 radical (unpaired) electrons. The second-order valence-corrected chi connectivity index (χ2v) is 11.1. The number of anilines is 2. The number of fused-ring (bicyclic) bond motifs is 1. The summed E-state index contributed by atoms with van der Waals surface area (Å²) < 4.78 is 5.63. The molecule has 1 amide bonds. The van der Waals surface area contributed by atoms with Crippen molar-refractivity contribution < 1.29 is 14.6 Å². The average molecular weight is 542 g/mol. The van der Waals surface area contributed by atoms with E-state index in [0.29, 0.717) is 36.3 Å². The van der Waals surface area contributed by atoms with Crippen molar-refractivity contribution >= 4 is 29.1 Å². The number of ether oxygens (including phenoxy) is 1. The summed E-state index contributed by atoms with van der Waals surface area (Å²) in [4.78, 5) is 22.5. The van der Waals surface area contributed by atoms with Gasteiger partial charge in [-0.05, 0) is 81.2 Å². The molecule has 1 aromatic heterocycles. The first-order chi connectivity index (χ1) is 18.5. The predicted octanol–water partition coefficient (Wildman–Crippen LogP) is 4.24. The van der Waals surface area contributed by atoms with E-state index in [1.54, 1.807) is 0 Å². The SMILES string of the molecule is CCOc1ccc2c(c1Cl)CCN(C[C@@H](O)CNC(=O)c1cc(NC3CCC3)nc(N3CCCCC3)c1)C2. The quantitative estimate of drug-likeness (QED) is 0.414. The van der Waals surface area contributed by atoms with Gasteiger partial charge in [0, 0.05) is 50.9 Å². The van der Waals surface area contributed by atoms with Gasteiger partial charge in [0.25, 0.3) is 5.91 Å². The van der Waals surface area contributed by atoms with Gasteiger partial charge in [-0.1, -0.05) is 17.7 Å². The molecule has 2 fully saturated rings. The maximum Gasteiger partial charge on any atom is 0.251 e. The smallest absolute Gasteiger partial charge is 0.251 e. The van der Waals surface area contributed by atoms with Gasteiger partial charge in [-0.3, -0.25) is 9.69 Å². The van der Waals surface area contributed by atoms with Crippen molar-refractivity contribution in [1.82, 2.24) is 15.2 Å². The lowest BCUT2D eigenvalue weighted by molar-refractivity contribution is 0.0841. The van der Waals surface area contributed by atoms with E-state index in [1.807, 2.05) is 25.1 Å². The van der Waals surface area contributed by atoms with Crippen LogP contribution < -0.4 is 20.3 Å². The molecule has 1 aliphatic carbocycles. The Morgan fingerprint density at radius 3 is 2.74 bits per heavy atom. The number of pyridine rings is 1. The largest absolute Gasteiger partial charge is 0.492 e. The molecule has 206 valence electrons. The molecule has 3 aliphatic rings. The highest BCUT2D eigenvalue weighted by molar-refractivity contribution is 6.33. The van der Waals surface area contributed by atoms with E-state index in [2.05, 4.69) is 26.5 Å². The van der Waals surface area contributed by atoms with Gasteiger partial charge < -0.3 is 25.4 Å². The van der Waals surface area contributed by atoms with Crippen molar-refractivity contribution in [2.24, 2.45) is 0 Å². The number of rotatable bonds is 10. The van der Waals surface area contributed by atoms with Crippen LogP contribution in [0, 0.1) is 0 Å². The lowest BCUT2D eigenvalue weighted by Gasteiger charge is -2.31. The van der Waals surface area contributed by atoms with Gasteiger partial charge in [-0.15, -0.1) is 0 Å². The molecule has 2 aromatic rings. The number of carbonyl (C=O) groups is 1. The average Bonchev–Trinajstić information content (AvgIpc) is 2.91. The van der Waals surface area contributed by atoms with Crippen LogP contribution in [0.25, 0.3) is 0 Å². The zero-order valence-corrected chi connectivity index (χ0v) is 23.1. The van der Waals surface area contributed by atoms with Gasteiger partial charge in [-0.2, -0.15) is 0 Å². The minimum Gasteiger partial charge on any atom is -0.492 e. The summed E-state index contributed by atoms with van der Waals surface area (Å²) in [6.45, 7) is 6.66. The van der Waals surface area contributed by atoms with Gasteiger partial charge in [0.2, 0.25) is 0 Å². The lowest BCUT2D eigenvalue weighted by Crippen LogP contribution is -2.42. The van der Waals surface area contributed by atoms with Crippen molar-refractivity contribution in [3.8, 4) is 5.75 Å². The fraction of sp³-hybridized carbons (Fsp3) is 0.586. The van der Waals surface area contributed by atoms with Gasteiger partial charge in [0.1, 0.15) is 17.4 Å². The summed E-state index contributed by atoms with van der Waals surface area (Å²) in [6.07, 6.45) is 7.20. The van der Waals surface area contributed by atoms with E-state index in [4.69, 9.17) is 21.3 Å². The molecule has 2 aliphatic heterocycles. The van der Waals surface area contributed by atoms with E-state index in [-0.39, 0.29) is 12.5 Å². The van der Waals surface area contributed by atoms with Gasteiger partial charge in [0.05, 0.1) is 17.7 Å². The summed E-state index contributed by atoms with van der Waals surface area (Å²) in [5, 5.41) is 17.9. The van der Waals surface area contributed by atoms with Crippen LogP contribution in [0.4, 0.5) is 11.6 Å². The van der Waals surface area contributed by atoms with E-state index in [0.717, 1.165) is 80.3 Å². The Kier molecular flexibility index (Phi) is 8.92. The van der Waals surface area contributed by atoms with E-state index in [9.17, 15) is 9.90 Å². The third kappa shape index (κ3) is 6.53. The van der Waals surface area contributed by atoms with Crippen LogP contribution in [0.1, 0.15) is 66.9 Å². The Morgan fingerprint density at radius 1 is 1.18 bits per heavy atom. The number of halogens is 1. The Labute approximate surface area is 230 Å². The van der Waals surface area contributed by atoms with Crippen LogP contribution in [0.15, 0.2) is 24.3 Å². The molecular weight excluding hydrogens is 502 g/mol. The zero-order chi connectivity index (χ0) is 26.5. The number of amides is 1. The first kappa shape index (κ1) is 27.0. The number of aromatic nitrogens is 1. The number of β-amino-alcohol motifs (C(OH)–C–C–N with tert-alkyl or cyclic N) is 1. The molecule has 8 nitrogen and oxygen atoms in total. The Hall–Kier alpha value is -2.55. The minimum atomic E-state index is -0.672. The molecule has 0 spiro atoms. The van der Waals surface area contributed by atoms with Crippen molar-refractivity contribution in [3.63, 3.8) is 0 Å². The molecule has 38 heavy (non-hydrogen) atoms. The number of nitrogens with zero attached hydrogens (tertiary/aromatic N) is 3. The predicted molar refractivity (Wildman–Crippen MR) is 152 cm³/mol. The normalized spacial score (nSPS) is 18.9. The van der Waals surface area contributed by atoms with Gasteiger partial charge in [-0.25, -0.2) is 4.98 Å². The summed E-state index contributed by atoms with van der Waals surface area (Å²) in [7, 11) is 0. The second kappa shape index (κ2) is 12.5. The molecular formula is C29H40ClN5O3. The molecule has 9 heteroatoms. The van der Waals surface area contributed by atoms with Crippen molar-refractivity contribution in [2.45, 2.75) is 70.6 Å². The van der Waals surface area contributed by atoms with Crippen LogP contribution in [0.5, 0.6) is 5.75 Å². The number of aliphatic hydroxyl groups is 1. The highest BCUT2D eigenvalue weighted by atomic mass is 35.5. The van der Waals surface area contributed by atoms with Crippen LogP contribution in [0.3, 0.4) is 0 Å². The third-order valence-electron chi connectivity index (χ3n) is 7.86. The van der Waals surface area contributed by atoms with Crippen LogP contribution in [0.2, 0.25) is 5.02 Å². The standard InChI is InChI=1S/C29H40ClN5O3/c1-2-38-25-10-9-20-18-34(14-11-24(20)28(25)30)19-23(36)17-31-29(37)21-15-26(32-22-7-6-8-22)33-27(16-21)35-12-4-3-5-13-35/h9-10,15-16,22-23,36H,2-8,11-14,17-19H2,1H3,(H,31,37)(H,32,33)/t23-/m0/s1. The van der Waals surface area contributed by atoms with Gasteiger partial charge in [0.15, 0.2) is 0 Å². The number of hydrogen-bond donors (Lipinski definition) is 3. The molecule has 1 aromatic carbocycles. The molecule has 3 heterocycles. The van der Waals surface area contributed by atoms with E-state index < -0.39 is 6.10 Å². The molecule has 1 atom stereocenters. The van der Waals surface area contributed by atoms with Crippen LogP contribution in [-0.4, -0.2) is 72.4 Å². The van der Waals surface area contributed by atoms with E-state index >= 15 is 0 Å². The Balaban J connectivity index is 1.18. The first-order valence-electron chi connectivity index (χ1n) is 14.2. The summed E-state index contributed by atoms with van der Waals surface area (Å²) in [5.41, 5.74) is 2.88. The summed E-state index contributed by atoms with van der Waals surface area (Å²) in [6, 6.07) is 8.15. The van der Waals surface area contributed by atoms with Crippen molar-refractivity contribution in [2.75, 3.05) is 49.5 Å². The molecule has 0 bridgehead atoms. The molecule has 1 saturated heterocycles. The second-order valence-electron chi connectivity index (χ2n) is 10.7. The van der Waals surface area contributed by atoms with Gasteiger partial charge >= 0.3 is 0 Å². The highest BCUT2D eigenvalue weighted by Crippen LogP contribution is 2.34. The summed E-state index contributed by atoms with van der Waals surface area (Å²) in [5.74, 6) is 2.18.